The van der Waals surface area contributed by atoms with Crippen LogP contribution in [0, 0.1) is 11.6 Å². The molecule has 182 valence electrons. The number of nitrogens with one attached hydrogen (secondary N) is 1. The number of aliphatic imine (C=N–C) groups is 1. The first-order valence-corrected chi connectivity index (χ1v) is 11.0. The predicted molar refractivity (Wildman–Crippen MR) is 130 cm³/mol. The Morgan fingerprint density at radius 1 is 1.26 bits per heavy atom. The topological polar surface area (TPSA) is 97.2 Å². The Bertz CT molecular complexity index is 1240. The van der Waals surface area contributed by atoms with Crippen molar-refractivity contribution in [1.82, 2.24) is 14.7 Å². The molecule has 34 heavy (non-hydrogen) atoms. The minimum Gasteiger partial charge on any atom is -0.489 e. The molecule has 2 aromatic heterocycles. The SMILES string of the molecule is CN=C(C)C(CCOc1c(-c2ccc3ncc(CNC)n3c2)ccc(F)c1F)=C(N)C(C)(C)O. The van der Waals surface area contributed by atoms with Gasteiger partial charge in [-0.1, -0.05) is 0 Å². The van der Waals surface area contributed by atoms with Gasteiger partial charge in [-0.3, -0.25) is 4.99 Å². The summed E-state index contributed by atoms with van der Waals surface area (Å²) in [5, 5.41) is 13.4. The molecule has 0 bridgehead atoms. The smallest absolute Gasteiger partial charge is 0.201 e. The third-order valence-corrected chi connectivity index (χ3v) is 5.66. The Labute approximate surface area is 198 Å². The van der Waals surface area contributed by atoms with Gasteiger partial charge in [0.15, 0.2) is 11.6 Å². The Morgan fingerprint density at radius 3 is 2.65 bits per heavy atom. The highest BCUT2D eigenvalue weighted by atomic mass is 19.2. The number of rotatable bonds is 9. The average Bonchev–Trinajstić information content (AvgIpc) is 3.20. The summed E-state index contributed by atoms with van der Waals surface area (Å²) in [6.45, 7) is 5.52. The zero-order chi connectivity index (χ0) is 25.0. The molecule has 0 saturated heterocycles. The Kier molecular flexibility index (Phi) is 7.68. The number of imidazole rings is 1. The van der Waals surface area contributed by atoms with Crippen LogP contribution in [-0.2, 0) is 6.54 Å². The lowest BCUT2D eigenvalue weighted by Gasteiger charge is -2.23. The van der Waals surface area contributed by atoms with Crippen LogP contribution >= 0.6 is 0 Å². The second kappa shape index (κ2) is 10.3. The lowest BCUT2D eigenvalue weighted by molar-refractivity contribution is 0.117. The molecule has 0 saturated carbocycles. The van der Waals surface area contributed by atoms with Crippen molar-refractivity contribution in [2.45, 2.75) is 39.3 Å². The Hall–Kier alpha value is -3.30. The molecule has 2 heterocycles. The molecule has 3 aromatic rings. The highest BCUT2D eigenvalue weighted by Gasteiger charge is 2.23. The van der Waals surface area contributed by atoms with Gasteiger partial charge in [0, 0.05) is 48.7 Å². The van der Waals surface area contributed by atoms with Gasteiger partial charge in [0.2, 0.25) is 5.82 Å². The summed E-state index contributed by atoms with van der Waals surface area (Å²) in [6, 6.07) is 6.17. The molecule has 0 aliphatic rings. The molecular weight excluding hydrogens is 440 g/mol. The van der Waals surface area contributed by atoms with Gasteiger partial charge in [-0.05, 0) is 57.7 Å². The average molecular weight is 472 g/mol. The van der Waals surface area contributed by atoms with Crippen LogP contribution in [0.5, 0.6) is 5.75 Å². The van der Waals surface area contributed by atoms with Crippen LogP contribution in [0.4, 0.5) is 8.78 Å². The number of aromatic nitrogens is 2. The summed E-state index contributed by atoms with van der Waals surface area (Å²) in [4.78, 5) is 8.52. The van der Waals surface area contributed by atoms with Gasteiger partial charge in [-0.15, -0.1) is 0 Å². The first-order valence-electron chi connectivity index (χ1n) is 11.0. The van der Waals surface area contributed by atoms with Crippen LogP contribution in [0.15, 0.2) is 52.9 Å². The van der Waals surface area contributed by atoms with Crippen molar-refractivity contribution in [3.05, 3.63) is 65.3 Å². The van der Waals surface area contributed by atoms with Crippen molar-refractivity contribution in [3.8, 4) is 16.9 Å². The number of hydrogen-bond donors (Lipinski definition) is 3. The van der Waals surface area contributed by atoms with Gasteiger partial charge in [-0.25, -0.2) is 9.37 Å². The summed E-state index contributed by atoms with van der Waals surface area (Å²) < 4.78 is 36.7. The number of nitrogens with two attached hydrogens (primary N) is 1. The standard InChI is InChI=1S/C25H31F2N5O2/c1-15(30-5)18(24(28)25(2,3)33)10-11-34-23-19(7-8-20(26)22(23)27)16-6-9-21-31-13-17(12-29-4)32(21)14-16/h6-9,13-14,29,33H,10-12,28H2,1-5H3. The Morgan fingerprint density at radius 2 is 2.00 bits per heavy atom. The largest absolute Gasteiger partial charge is 0.489 e. The molecule has 0 amide bonds. The first-order chi connectivity index (χ1) is 16.1. The number of pyridine rings is 1. The van der Waals surface area contributed by atoms with Crippen molar-refractivity contribution < 1.29 is 18.6 Å². The highest BCUT2D eigenvalue weighted by molar-refractivity contribution is 5.99. The molecule has 0 radical (unpaired) electrons. The lowest BCUT2D eigenvalue weighted by Crippen LogP contribution is -2.31. The molecule has 3 rings (SSSR count). The summed E-state index contributed by atoms with van der Waals surface area (Å²) in [6.07, 6.45) is 3.83. The molecule has 0 atom stereocenters. The monoisotopic (exact) mass is 471 g/mol. The van der Waals surface area contributed by atoms with E-state index < -0.39 is 17.2 Å². The van der Waals surface area contributed by atoms with E-state index in [-0.39, 0.29) is 24.5 Å². The second-order valence-corrected chi connectivity index (χ2v) is 8.52. The Balaban J connectivity index is 1.97. The number of halogens is 2. The minimum absolute atomic E-state index is 0.00463. The third kappa shape index (κ3) is 5.26. The van der Waals surface area contributed by atoms with Gasteiger partial charge >= 0.3 is 0 Å². The molecule has 0 aliphatic heterocycles. The zero-order valence-electron chi connectivity index (χ0n) is 20.1. The van der Waals surface area contributed by atoms with E-state index in [0.29, 0.717) is 29.0 Å². The van der Waals surface area contributed by atoms with Gasteiger partial charge < -0.3 is 25.3 Å². The minimum atomic E-state index is -1.26. The van der Waals surface area contributed by atoms with E-state index in [1.54, 1.807) is 40.1 Å². The quantitative estimate of drug-likeness (QED) is 0.412. The molecule has 9 heteroatoms. The number of ether oxygens (including phenoxy) is 1. The van der Waals surface area contributed by atoms with Crippen LogP contribution in [0.2, 0.25) is 0 Å². The molecule has 0 unspecified atom stereocenters. The van der Waals surface area contributed by atoms with Crippen molar-refractivity contribution >= 4 is 11.4 Å². The molecule has 4 N–H and O–H groups in total. The second-order valence-electron chi connectivity index (χ2n) is 8.52. The fourth-order valence-corrected chi connectivity index (χ4v) is 3.67. The lowest BCUT2D eigenvalue weighted by atomic mass is 9.96. The van der Waals surface area contributed by atoms with E-state index >= 15 is 0 Å². The van der Waals surface area contributed by atoms with Crippen LogP contribution in [0.1, 0.15) is 32.9 Å². The highest BCUT2D eigenvalue weighted by Crippen LogP contribution is 2.34. The molecule has 0 aliphatic carbocycles. The molecular formula is C25H31F2N5O2. The molecule has 7 nitrogen and oxygen atoms in total. The van der Waals surface area contributed by atoms with E-state index in [2.05, 4.69) is 15.3 Å². The maximum absolute atomic E-state index is 14.9. The fourth-order valence-electron chi connectivity index (χ4n) is 3.67. The maximum atomic E-state index is 14.9. The van der Waals surface area contributed by atoms with E-state index in [1.807, 2.05) is 23.7 Å². The van der Waals surface area contributed by atoms with E-state index in [9.17, 15) is 13.9 Å². The van der Waals surface area contributed by atoms with Crippen LogP contribution in [-0.4, -0.2) is 46.5 Å². The fraction of sp³-hybridized carbons (Fsp3) is 0.360. The van der Waals surface area contributed by atoms with Crippen LogP contribution < -0.4 is 15.8 Å². The van der Waals surface area contributed by atoms with Crippen molar-refractivity contribution in [1.29, 1.82) is 0 Å². The van der Waals surface area contributed by atoms with E-state index in [1.165, 1.54) is 6.07 Å². The van der Waals surface area contributed by atoms with E-state index in [0.717, 1.165) is 17.4 Å². The summed E-state index contributed by atoms with van der Waals surface area (Å²) in [5.74, 6) is -2.26. The predicted octanol–water partition coefficient (Wildman–Crippen LogP) is 3.84. The van der Waals surface area contributed by atoms with E-state index in [4.69, 9.17) is 10.5 Å². The number of aliphatic hydroxyl groups is 1. The number of benzene rings is 1. The van der Waals surface area contributed by atoms with Crippen molar-refractivity contribution in [3.63, 3.8) is 0 Å². The maximum Gasteiger partial charge on any atom is 0.201 e. The zero-order valence-corrected chi connectivity index (χ0v) is 20.1. The first kappa shape index (κ1) is 25.3. The van der Waals surface area contributed by atoms with Gasteiger partial charge in [0.05, 0.1) is 24.1 Å². The molecule has 0 spiro atoms. The number of fused-ring (bicyclic) bond motifs is 1. The van der Waals surface area contributed by atoms with Crippen LogP contribution in [0.3, 0.4) is 0 Å². The van der Waals surface area contributed by atoms with Crippen molar-refractivity contribution in [2.75, 3.05) is 20.7 Å². The summed E-state index contributed by atoms with van der Waals surface area (Å²) >= 11 is 0. The van der Waals surface area contributed by atoms with Gasteiger partial charge in [-0.2, -0.15) is 4.39 Å². The van der Waals surface area contributed by atoms with Crippen LogP contribution in [0.25, 0.3) is 16.8 Å². The van der Waals surface area contributed by atoms with Gasteiger partial charge in [0.25, 0.3) is 0 Å². The number of nitrogens with zero attached hydrogens (tertiary/aromatic N) is 3. The van der Waals surface area contributed by atoms with Gasteiger partial charge in [0.1, 0.15) is 5.65 Å². The number of hydrogen-bond acceptors (Lipinski definition) is 6. The summed E-state index contributed by atoms with van der Waals surface area (Å²) in [5.41, 5.74) is 9.10. The summed E-state index contributed by atoms with van der Waals surface area (Å²) in [7, 11) is 3.45. The van der Waals surface area contributed by atoms with Crippen molar-refractivity contribution in [2.24, 2.45) is 10.7 Å². The molecule has 0 fully saturated rings. The third-order valence-electron chi connectivity index (χ3n) is 5.66. The molecule has 1 aromatic carbocycles. The normalized spacial score (nSPS) is 13.4.